The Morgan fingerprint density at radius 3 is 2.49 bits per heavy atom. The summed E-state index contributed by atoms with van der Waals surface area (Å²) < 4.78 is 28.9. The number of benzene rings is 2. The minimum atomic E-state index is -0.969. The molecule has 4 N–H and O–H groups in total. The van der Waals surface area contributed by atoms with Gasteiger partial charge >= 0.3 is 0 Å². The molecule has 9 nitrogen and oxygen atoms in total. The molecule has 1 aromatic heterocycles. The van der Waals surface area contributed by atoms with E-state index in [-0.39, 0.29) is 43.4 Å². The molecule has 1 aliphatic heterocycles. The molecule has 5 rings (SSSR count). The first-order valence-corrected chi connectivity index (χ1v) is 16.2. The number of nitrogens with one attached hydrogen (secondary N) is 2. The Morgan fingerprint density at radius 2 is 1.79 bits per heavy atom. The number of rotatable bonds is 11. The number of nitrogens with zero attached hydrogens (tertiary/aromatic N) is 3. The van der Waals surface area contributed by atoms with Crippen LogP contribution in [0.3, 0.4) is 0 Å². The minimum Gasteiger partial charge on any atom is -0.392 e. The third-order valence-corrected chi connectivity index (χ3v) is 8.90. The van der Waals surface area contributed by atoms with E-state index in [0.29, 0.717) is 25.9 Å². The number of hydrogen-bond acceptors (Lipinski definition) is 7. The second-order valence-corrected chi connectivity index (χ2v) is 13.8. The number of pyridine rings is 1. The van der Waals surface area contributed by atoms with E-state index in [1.54, 1.807) is 18.5 Å². The quantitative estimate of drug-likeness (QED) is 0.252. The maximum Gasteiger partial charge on any atom is 0.239 e. The number of β-amino-alcohol motifs (C(OH)–C–C–N with tert-alkyl or cyclic N) is 1. The van der Waals surface area contributed by atoms with Crippen molar-refractivity contribution in [3.63, 3.8) is 0 Å². The van der Waals surface area contributed by atoms with Crippen molar-refractivity contribution in [3.8, 4) is 0 Å². The summed E-state index contributed by atoms with van der Waals surface area (Å²) in [6.07, 6.45) is 2.51. The van der Waals surface area contributed by atoms with Crippen LogP contribution in [-0.2, 0) is 29.0 Å². The van der Waals surface area contributed by atoms with Gasteiger partial charge < -0.3 is 20.8 Å². The molecule has 3 aromatic rings. The summed E-state index contributed by atoms with van der Waals surface area (Å²) in [7, 11) is 0. The Hall–Kier alpha value is -3.77. The van der Waals surface area contributed by atoms with E-state index in [0.717, 1.165) is 16.7 Å². The van der Waals surface area contributed by atoms with Gasteiger partial charge in [0.05, 0.1) is 18.2 Å². The summed E-state index contributed by atoms with van der Waals surface area (Å²) in [5.74, 6) is -2.44. The van der Waals surface area contributed by atoms with E-state index in [1.165, 1.54) is 18.2 Å². The van der Waals surface area contributed by atoms with Gasteiger partial charge in [-0.25, -0.2) is 8.78 Å². The largest absolute Gasteiger partial charge is 0.392 e. The second kappa shape index (κ2) is 15.0. The molecule has 252 valence electrons. The molecule has 1 saturated heterocycles. The highest BCUT2D eigenvalue weighted by Gasteiger charge is 2.37. The monoisotopic (exact) mass is 649 g/mol. The van der Waals surface area contributed by atoms with Crippen molar-refractivity contribution in [3.05, 3.63) is 101 Å². The number of aliphatic hydroxyl groups is 2. The van der Waals surface area contributed by atoms with E-state index in [2.05, 4.69) is 15.6 Å². The number of fused-ring (bicyclic) bond motifs is 1. The van der Waals surface area contributed by atoms with Crippen LogP contribution in [0, 0.1) is 17.6 Å². The number of halogens is 2. The zero-order chi connectivity index (χ0) is 33.7. The van der Waals surface area contributed by atoms with Crippen molar-refractivity contribution < 1.29 is 28.6 Å². The van der Waals surface area contributed by atoms with E-state index >= 15 is 0 Å². The predicted molar refractivity (Wildman–Crippen MR) is 174 cm³/mol. The van der Waals surface area contributed by atoms with Crippen LogP contribution in [0.4, 0.5) is 8.78 Å². The highest BCUT2D eigenvalue weighted by Crippen LogP contribution is 2.32. The maximum atomic E-state index is 14.5. The zero-order valence-electron chi connectivity index (χ0n) is 27.2. The second-order valence-electron chi connectivity index (χ2n) is 13.8. The average molecular weight is 650 g/mol. The van der Waals surface area contributed by atoms with Crippen molar-refractivity contribution in [1.29, 1.82) is 0 Å². The average Bonchev–Trinajstić information content (AvgIpc) is 3.33. The van der Waals surface area contributed by atoms with E-state index in [4.69, 9.17) is 0 Å². The molecule has 11 heteroatoms. The van der Waals surface area contributed by atoms with Gasteiger partial charge in [0.1, 0.15) is 17.7 Å². The van der Waals surface area contributed by atoms with Crippen LogP contribution in [0.1, 0.15) is 55.5 Å². The molecule has 2 aliphatic rings. The summed E-state index contributed by atoms with van der Waals surface area (Å²) in [6.45, 7) is 6.77. The topological polar surface area (TPSA) is 118 Å². The summed E-state index contributed by atoms with van der Waals surface area (Å²) in [6, 6.07) is 13.8. The van der Waals surface area contributed by atoms with Crippen molar-refractivity contribution >= 4 is 11.8 Å². The van der Waals surface area contributed by atoms with Crippen molar-refractivity contribution in [1.82, 2.24) is 25.4 Å². The van der Waals surface area contributed by atoms with Gasteiger partial charge in [-0.1, -0.05) is 36.4 Å². The number of piperazine rings is 1. The molecule has 1 aliphatic carbocycles. The Labute approximate surface area is 275 Å². The molecule has 0 radical (unpaired) electrons. The number of aliphatic hydroxyl groups excluding tert-OH is 2. The molecule has 1 fully saturated rings. The Morgan fingerprint density at radius 1 is 1.04 bits per heavy atom. The van der Waals surface area contributed by atoms with Gasteiger partial charge in [0.15, 0.2) is 0 Å². The van der Waals surface area contributed by atoms with Gasteiger partial charge in [-0.15, -0.1) is 0 Å². The molecule has 47 heavy (non-hydrogen) atoms. The van der Waals surface area contributed by atoms with Crippen molar-refractivity contribution in [2.24, 2.45) is 5.92 Å². The van der Waals surface area contributed by atoms with Gasteiger partial charge in [0, 0.05) is 68.6 Å². The number of carbonyl (C=O) groups is 2. The first-order chi connectivity index (χ1) is 22.4. The zero-order valence-corrected chi connectivity index (χ0v) is 27.2. The third kappa shape index (κ3) is 8.98. The summed E-state index contributed by atoms with van der Waals surface area (Å²) >= 11 is 0. The fraction of sp³-hybridized carbons (Fsp3) is 0.472. The molecular weight excluding hydrogens is 604 g/mol. The molecule has 0 saturated carbocycles. The van der Waals surface area contributed by atoms with Crippen LogP contribution in [0.2, 0.25) is 0 Å². The van der Waals surface area contributed by atoms with Gasteiger partial charge in [0.2, 0.25) is 11.8 Å². The Kier molecular flexibility index (Phi) is 11.0. The SMILES string of the molecule is CC(C)(C)NC(=O)[C@@H]1CN(Cc2c(F)cccc2F)CCN1C[C@@H](O)C[C@@H](Cc1cccnc1)C(=O)N[C@H]1c2ccccc2C[C@H]1O. The highest BCUT2D eigenvalue weighted by molar-refractivity contribution is 5.83. The molecule has 2 aromatic carbocycles. The highest BCUT2D eigenvalue weighted by atomic mass is 19.1. The van der Waals surface area contributed by atoms with E-state index < -0.39 is 47.4 Å². The minimum absolute atomic E-state index is 0.0116. The lowest BCUT2D eigenvalue weighted by atomic mass is 9.92. The molecule has 2 amide bonds. The third-order valence-electron chi connectivity index (χ3n) is 8.90. The molecular formula is C36H45F2N5O4. The Balaban J connectivity index is 1.30. The lowest BCUT2D eigenvalue weighted by molar-refractivity contribution is -0.132. The van der Waals surface area contributed by atoms with Crippen LogP contribution in [0.15, 0.2) is 67.0 Å². The normalized spacial score (nSPS) is 21.6. The Bertz CT molecular complexity index is 1520. The van der Waals surface area contributed by atoms with Gasteiger partial charge in [0.25, 0.3) is 0 Å². The summed E-state index contributed by atoms with van der Waals surface area (Å²) in [5, 5.41) is 28.3. The fourth-order valence-electron chi connectivity index (χ4n) is 6.63. The van der Waals surface area contributed by atoms with Crippen LogP contribution < -0.4 is 10.6 Å². The molecule has 5 atom stereocenters. The summed E-state index contributed by atoms with van der Waals surface area (Å²) in [4.78, 5) is 35.2. The maximum absolute atomic E-state index is 14.5. The van der Waals surface area contributed by atoms with Crippen LogP contribution in [0.5, 0.6) is 0 Å². The van der Waals surface area contributed by atoms with Gasteiger partial charge in [-0.2, -0.15) is 0 Å². The smallest absolute Gasteiger partial charge is 0.239 e. The number of amides is 2. The van der Waals surface area contributed by atoms with Crippen LogP contribution in [0.25, 0.3) is 0 Å². The van der Waals surface area contributed by atoms with Gasteiger partial charge in [-0.05, 0) is 68.5 Å². The number of carbonyl (C=O) groups excluding carboxylic acids is 2. The number of aromatic nitrogens is 1. The first kappa shape index (κ1) is 34.6. The molecule has 0 bridgehead atoms. The lowest BCUT2D eigenvalue weighted by Crippen LogP contribution is -2.62. The standard InChI is InChI=1S/C36H45F2N5O4/c1-36(2,3)41-35(47)31-22-42(21-28-29(37)11-6-12-30(28)38)14-15-43(31)20-26(44)17-25(16-23-8-7-13-39-19-23)34(46)40-33-27-10-5-4-9-24(27)18-32(33)45/h4-13,19,25-26,31-33,44-45H,14-18,20-22H2,1-3H3,(H,40,46)(H,41,47)/t25-,26+,31+,32-,33+/m1/s1. The van der Waals surface area contributed by atoms with Gasteiger partial charge in [-0.3, -0.25) is 24.4 Å². The van der Waals surface area contributed by atoms with Crippen molar-refractivity contribution in [2.75, 3.05) is 26.2 Å². The number of hydrogen-bond donors (Lipinski definition) is 4. The molecule has 2 heterocycles. The summed E-state index contributed by atoms with van der Waals surface area (Å²) in [5.41, 5.74) is 2.15. The van der Waals surface area contributed by atoms with Crippen molar-refractivity contribution in [2.45, 2.75) is 76.4 Å². The van der Waals surface area contributed by atoms with Crippen LogP contribution in [-0.4, -0.2) is 86.8 Å². The van der Waals surface area contributed by atoms with Crippen LogP contribution >= 0.6 is 0 Å². The van der Waals surface area contributed by atoms with E-state index in [1.807, 2.05) is 60.9 Å². The van der Waals surface area contributed by atoms with E-state index in [9.17, 15) is 28.6 Å². The molecule has 0 unspecified atom stereocenters. The first-order valence-electron chi connectivity index (χ1n) is 16.2. The lowest BCUT2D eigenvalue weighted by Gasteiger charge is -2.42. The fourth-order valence-corrected chi connectivity index (χ4v) is 6.63. The predicted octanol–water partition coefficient (Wildman–Crippen LogP) is 3.15. The molecule has 0 spiro atoms.